The van der Waals surface area contributed by atoms with Crippen LogP contribution in [0, 0.1) is 5.82 Å². The lowest BCUT2D eigenvalue weighted by Gasteiger charge is -2.11. The van der Waals surface area contributed by atoms with E-state index < -0.39 is 11.9 Å². The van der Waals surface area contributed by atoms with E-state index in [1.54, 1.807) is 0 Å². The largest absolute Gasteiger partial charge is 0.386 e. The molecule has 2 heterocycles. The first-order chi connectivity index (χ1) is 10.2. The van der Waals surface area contributed by atoms with E-state index in [0.717, 1.165) is 29.6 Å². The average molecular weight is 285 g/mol. The molecule has 2 aromatic heterocycles. The van der Waals surface area contributed by atoms with E-state index >= 15 is 0 Å². The van der Waals surface area contributed by atoms with Crippen LogP contribution >= 0.6 is 0 Å². The highest BCUT2D eigenvalue weighted by atomic mass is 19.1. The molecule has 0 fully saturated rings. The number of benzene rings is 1. The Kier molecular flexibility index (Phi) is 3.66. The lowest BCUT2D eigenvalue weighted by Crippen LogP contribution is -2.09. The van der Waals surface area contributed by atoms with Crippen LogP contribution in [0.5, 0.6) is 0 Å². The molecule has 0 saturated carbocycles. The fraction of sp³-hybridized carbons (Fsp3) is 0.250. The van der Waals surface area contributed by atoms with E-state index in [-0.39, 0.29) is 0 Å². The van der Waals surface area contributed by atoms with Crippen molar-refractivity contribution >= 4 is 11.0 Å². The van der Waals surface area contributed by atoms with Crippen molar-refractivity contribution < 1.29 is 9.50 Å². The Morgan fingerprint density at radius 3 is 2.76 bits per heavy atom. The number of hydrogen-bond donors (Lipinski definition) is 1. The van der Waals surface area contributed by atoms with Gasteiger partial charge >= 0.3 is 0 Å². The summed E-state index contributed by atoms with van der Waals surface area (Å²) < 4.78 is 14.9. The lowest BCUT2D eigenvalue weighted by molar-refractivity contribution is 0.170. The van der Waals surface area contributed by atoms with Crippen LogP contribution in [0.1, 0.15) is 24.5 Å². The second-order valence-electron chi connectivity index (χ2n) is 4.88. The van der Waals surface area contributed by atoms with E-state index in [1.807, 2.05) is 31.2 Å². The molecule has 0 bridgehead atoms. The molecule has 0 aliphatic carbocycles. The number of imidazole rings is 1. The number of nitrogens with zero attached hydrogens (tertiary/aromatic N) is 3. The van der Waals surface area contributed by atoms with Crippen molar-refractivity contribution in [2.75, 3.05) is 0 Å². The predicted octanol–water partition coefficient (Wildman–Crippen LogP) is 2.87. The van der Waals surface area contributed by atoms with Gasteiger partial charge in [-0.2, -0.15) is 0 Å². The summed E-state index contributed by atoms with van der Waals surface area (Å²) in [4.78, 5) is 8.49. The summed E-state index contributed by atoms with van der Waals surface area (Å²) in [6, 6.07) is 10.7. The minimum absolute atomic E-state index is 0.348. The van der Waals surface area contributed by atoms with Crippen molar-refractivity contribution in [3.05, 3.63) is 59.9 Å². The van der Waals surface area contributed by atoms with Crippen LogP contribution in [0.4, 0.5) is 4.39 Å². The van der Waals surface area contributed by atoms with Crippen molar-refractivity contribution in [3.63, 3.8) is 0 Å². The number of fused-ring (bicyclic) bond motifs is 1. The third-order valence-electron chi connectivity index (χ3n) is 3.52. The van der Waals surface area contributed by atoms with Crippen molar-refractivity contribution in [2.45, 2.75) is 26.0 Å². The van der Waals surface area contributed by atoms with Crippen LogP contribution in [-0.4, -0.2) is 19.6 Å². The zero-order chi connectivity index (χ0) is 14.8. The van der Waals surface area contributed by atoms with Gasteiger partial charge in [0, 0.05) is 13.0 Å². The molecule has 1 N–H and O–H groups in total. The van der Waals surface area contributed by atoms with E-state index in [4.69, 9.17) is 0 Å². The molecule has 0 aliphatic rings. The molecule has 3 aromatic rings. The number of aliphatic hydroxyl groups excluding tert-OH is 1. The van der Waals surface area contributed by atoms with E-state index in [1.165, 1.54) is 12.1 Å². The molecule has 0 radical (unpaired) electrons. The summed E-state index contributed by atoms with van der Waals surface area (Å²) in [5.41, 5.74) is 2.41. The van der Waals surface area contributed by atoms with Gasteiger partial charge < -0.3 is 9.67 Å². The fourth-order valence-electron chi connectivity index (χ4n) is 2.50. The Labute approximate surface area is 121 Å². The standard InChI is InChI=1S/C16H16FN3O/c1-2-20-14-6-4-3-5-12(14)19-16(20)9-15(21)13-8-7-11(17)10-18-13/h3-8,10,15,21H,2,9H2,1H3. The number of rotatable bonds is 4. The number of hydrogen-bond acceptors (Lipinski definition) is 3. The van der Waals surface area contributed by atoms with Gasteiger partial charge in [-0.3, -0.25) is 4.98 Å². The minimum Gasteiger partial charge on any atom is -0.386 e. The molecule has 1 atom stereocenters. The highest BCUT2D eigenvalue weighted by Gasteiger charge is 2.16. The Bertz CT molecular complexity index is 752. The number of aromatic nitrogens is 3. The van der Waals surface area contributed by atoms with Crippen molar-refractivity contribution in [3.8, 4) is 0 Å². The number of pyridine rings is 1. The zero-order valence-electron chi connectivity index (χ0n) is 11.7. The summed E-state index contributed by atoms with van der Waals surface area (Å²) in [6.07, 6.45) is 0.662. The van der Waals surface area contributed by atoms with Gasteiger partial charge in [-0.15, -0.1) is 0 Å². The molecule has 0 saturated heterocycles. The molecule has 0 amide bonds. The minimum atomic E-state index is -0.798. The fourth-order valence-corrected chi connectivity index (χ4v) is 2.50. The Morgan fingerprint density at radius 2 is 2.05 bits per heavy atom. The third-order valence-corrected chi connectivity index (χ3v) is 3.52. The Hall–Kier alpha value is -2.27. The third kappa shape index (κ3) is 2.64. The van der Waals surface area contributed by atoms with Gasteiger partial charge in [-0.1, -0.05) is 12.1 Å². The van der Waals surface area contributed by atoms with Crippen LogP contribution < -0.4 is 0 Å². The van der Waals surface area contributed by atoms with E-state index in [2.05, 4.69) is 14.5 Å². The summed E-state index contributed by atoms with van der Waals surface area (Å²) in [5.74, 6) is 0.393. The smallest absolute Gasteiger partial charge is 0.141 e. The van der Waals surface area contributed by atoms with Crippen molar-refractivity contribution in [1.29, 1.82) is 0 Å². The van der Waals surface area contributed by atoms with Crippen LogP contribution in [-0.2, 0) is 13.0 Å². The molecule has 1 aromatic carbocycles. The first kappa shape index (κ1) is 13.7. The maximum atomic E-state index is 12.9. The molecular formula is C16H16FN3O. The van der Waals surface area contributed by atoms with Crippen molar-refractivity contribution in [1.82, 2.24) is 14.5 Å². The number of para-hydroxylation sites is 2. The lowest BCUT2D eigenvalue weighted by atomic mass is 10.1. The Morgan fingerprint density at radius 1 is 1.24 bits per heavy atom. The molecule has 5 heteroatoms. The van der Waals surface area contributed by atoms with Gasteiger partial charge in [0.2, 0.25) is 0 Å². The molecule has 21 heavy (non-hydrogen) atoms. The zero-order valence-corrected chi connectivity index (χ0v) is 11.7. The van der Waals surface area contributed by atoms with Gasteiger partial charge in [-0.05, 0) is 31.2 Å². The van der Waals surface area contributed by atoms with Gasteiger partial charge in [0.1, 0.15) is 17.7 Å². The summed E-state index contributed by atoms with van der Waals surface area (Å²) in [7, 11) is 0. The van der Waals surface area contributed by atoms with E-state index in [0.29, 0.717) is 12.1 Å². The number of aliphatic hydroxyl groups is 1. The van der Waals surface area contributed by atoms with Crippen LogP contribution in [0.25, 0.3) is 11.0 Å². The second kappa shape index (κ2) is 5.61. The predicted molar refractivity (Wildman–Crippen MR) is 78.3 cm³/mol. The molecule has 3 rings (SSSR count). The van der Waals surface area contributed by atoms with Crippen LogP contribution in [0.3, 0.4) is 0 Å². The van der Waals surface area contributed by atoms with Gasteiger partial charge in [0.25, 0.3) is 0 Å². The van der Waals surface area contributed by atoms with Gasteiger partial charge in [0.15, 0.2) is 0 Å². The van der Waals surface area contributed by atoms with Gasteiger partial charge in [-0.25, -0.2) is 9.37 Å². The first-order valence-electron chi connectivity index (χ1n) is 6.92. The maximum Gasteiger partial charge on any atom is 0.141 e. The first-order valence-corrected chi connectivity index (χ1v) is 6.92. The molecule has 0 aliphatic heterocycles. The Balaban J connectivity index is 1.92. The average Bonchev–Trinajstić information content (AvgIpc) is 2.84. The topological polar surface area (TPSA) is 50.9 Å². The number of halogens is 1. The summed E-state index contributed by atoms with van der Waals surface area (Å²) >= 11 is 0. The molecule has 4 nitrogen and oxygen atoms in total. The van der Waals surface area contributed by atoms with Crippen molar-refractivity contribution in [2.24, 2.45) is 0 Å². The quantitative estimate of drug-likeness (QED) is 0.802. The van der Waals surface area contributed by atoms with Crippen LogP contribution in [0.2, 0.25) is 0 Å². The molecule has 1 unspecified atom stereocenters. The van der Waals surface area contributed by atoms with Gasteiger partial charge in [0.05, 0.1) is 22.9 Å². The SMILES string of the molecule is CCn1c(CC(O)c2ccc(F)cn2)nc2ccccc21. The van der Waals surface area contributed by atoms with E-state index in [9.17, 15) is 9.50 Å². The van der Waals surface area contributed by atoms with Crippen LogP contribution in [0.15, 0.2) is 42.6 Å². The highest BCUT2D eigenvalue weighted by molar-refractivity contribution is 5.75. The normalized spacial score (nSPS) is 12.7. The summed E-state index contributed by atoms with van der Waals surface area (Å²) in [6.45, 7) is 2.82. The molecule has 108 valence electrons. The summed E-state index contributed by atoms with van der Waals surface area (Å²) in [5, 5.41) is 10.3. The monoisotopic (exact) mass is 285 g/mol. The highest BCUT2D eigenvalue weighted by Crippen LogP contribution is 2.21. The maximum absolute atomic E-state index is 12.9. The molecule has 0 spiro atoms. The second-order valence-corrected chi connectivity index (χ2v) is 4.88. The molecular weight excluding hydrogens is 269 g/mol. The number of aryl methyl sites for hydroxylation is 1.